The summed E-state index contributed by atoms with van der Waals surface area (Å²) in [6.45, 7) is 7.23. The molecule has 0 bridgehead atoms. The standard InChI is InChI=1S/C75H142O17P2/c1-6-9-12-15-18-21-24-25-27-31-35-39-44-49-54-59-73(78)86-65-71(92-75(80)61-56-51-46-41-36-32-29-26-28-30-34-37-42-47-52-57-68(4)5)67-90-94(83,84)88-63-69(76)62-87-93(81,82)89-66-70(64-85-72(77)58-53-48-43-38-23-20-17-14-11-8-3)91-74(79)60-55-50-45-40-33-22-19-16-13-10-7-2/h21,24-25,27,68-71,76H,6-20,22-23,26,28-67H2,1-5H3,(H,81,82)(H,83,84)/b24-21-,27-25-/t69-,70+,71+/m0/s1. The van der Waals surface area contributed by atoms with Gasteiger partial charge < -0.3 is 33.8 Å². The number of esters is 4. The van der Waals surface area contributed by atoms with Crippen LogP contribution >= 0.6 is 15.6 Å². The highest BCUT2D eigenvalue weighted by atomic mass is 31.2. The molecule has 0 fully saturated rings. The highest BCUT2D eigenvalue weighted by molar-refractivity contribution is 7.47. The van der Waals surface area contributed by atoms with Gasteiger partial charge in [-0.1, -0.05) is 316 Å². The Bertz CT molecular complexity index is 1900. The average molecular weight is 1380 g/mol. The van der Waals surface area contributed by atoms with Crippen molar-refractivity contribution in [2.24, 2.45) is 5.92 Å². The lowest BCUT2D eigenvalue weighted by molar-refractivity contribution is -0.161. The fourth-order valence-corrected chi connectivity index (χ4v) is 12.6. The van der Waals surface area contributed by atoms with Crippen molar-refractivity contribution in [3.8, 4) is 0 Å². The van der Waals surface area contributed by atoms with Gasteiger partial charge in [0.15, 0.2) is 12.2 Å². The molecule has 0 amide bonds. The summed E-state index contributed by atoms with van der Waals surface area (Å²) in [7, 11) is -9.92. The molecule has 0 saturated heterocycles. The first-order valence-corrected chi connectivity index (χ1v) is 41.4. The monoisotopic (exact) mass is 1380 g/mol. The van der Waals surface area contributed by atoms with Crippen LogP contribution in [0.1, 0.15) is 369 Å². The maximum atomic E-state index is 13.1. The van der Waals surface area contributed by atoms with Gasteiger partial charge in [-0.05, 0) is 57.3 Å². The van der Waals surface area contributed by atoms with Gasteiger partial charge in [-0.25, -0.2) is 9.13 Å². The molecule has 0 aromatic rings. The largest absolute Gasteiger partial charge is 0.472 e. The van der Waals surface area contributed by atoms with Gasteiger partial charge in [0.1, 0.15) is 19.3 Å². The summed E-state index contributed by atoms with van der Waals surface area (Å²) < 4.78 is 68.4. The smallest absolute Gasteiger partial charge is 0.462 e. The molecule has 94 heavy (non-hydrogen) atoms. The second kappa shape index (κ2) is 67.7. The molecule has 19 heteroatoms. The second-order valence-electron chi connectivity index (χ2n) is 26.8. The third kappa shape index (κ3) is 68.1. The second-order valence-corrected chi connectivity index (χ2v) is 29.7. The van der Waals surface area contributed by atoms with Crippen LogP contribution in [-0.2, 0) is 65.4 Å². The first kappa shape index (κ1) is 91.5. The van der Waals surface area contributed by atoms with E-state index in [9.17, 15) is 43.2 Å². The van der Waals surface area contributed by atoms with E-state index in [1.54, 1.807) is 0 Å². The highest BCUT2D eigenvalue weighted by Crippen LogP contribution is 2.45. The molecule has 0 heterocycles. The van der Waals surface area contributed by atoms with E-state index in [2.05, 4.69) is 58.9 Å². The van der Waals surface area contributed by atoms with Gasteiger partial charge in [-0.15, -0.1) is 0 Å². The molecule has 0 spiro atoms. The quantitative estimate of drug-likeness (QED) is 0.0169. The zero-order chi connectivity index (χ0) is 69.1. The number of rotatable bonds is 73. The Morgan fingerprint density at radius 2 is 0.574 bits per heavy atom. The van der Waals surface area contributed by atoms with Gasteiger partial charge in [0, 0.05) is 25.7 Å². The topological polar surface area (TPSA) is 237 Å². The van der Waals surface area contributed by atoms with E-state index in [0.717, 1.165) is 115 Å². The number of aliphatic hydroxyl groups is 1. The normalized spacial score (nSPS) is 14.1. The number of allylic oxidation sites excluding steroid dienone is 4. The summed E-state index contributed by atoms with van der Waals surface area (Å²) in [4.78, 5) is 72.7. The van der Waals surface area contributed by atoms with E-state index in [0.29, 0.717) is 25.7 Å². The van der Waals surface area contributed by atoms with Crippen molar-refractivity contribution in [1.82, 2.24) is 0 Å². The van der Waals surface area contributed by atoms with Crippen molar-refractivity contribution in [3.05, 3.63) is 24.3 Å². The number of phosphoric acid groups is 2. The minimum Gasteiger partial charge on any atom is -0.462 e. The van der Waals surface area contributed by atoms with Gasteiger partial charge in [-0.3, -0.25) is 37.3 Å². The predicted octanol–water partition coefficient (Wildman–Crippen LogP) is 21.6. The molecular weight excluding hydrogens is 1230 g/mol. The SMILES string of the molecule is CCCCCC/C=C\C=C/CCCCCCCC(=O)OC[C@H](COP(=O)(O)OC[C@@H](O)COP(=O)(O)OC[C@@H](COC(=O)CCCCCCCCCCCC)OC(=O)CCCCCCCCCCCCC)OC(=O)CCCCCCCCCCCCCCCCCC(C)C. The van der Waals surface area contributed by atoms with Crippen molar-refractivity contribution in [2.75, 3.05) is 39.6 Å². The van der Waals surface area contributed by atoms with E-state index < -0.39 is 97.5 Å². The Balaban J connectivity index is 5.26. The van der Waals surface area contributed by atoms with Gasteiger partial charge >= 0.3 is 39.5 Å². The molecule has 5 atom stereocenters. The summed E-state index contributed by atoms with van der Waals surface area (Å²) in [6.07, 6.45) is 59.0. The molecule has 0 aromatic heterocycles. The van der Waals surface area contributed by atoms with Crippen LogP contribution in [0.3, 0.4) is 0 Å². The van der Waals surface area contributed by atoms with Crippen LogP contribution in [0.4, 0.5) is 0 Å². The maximum Gasteiger partial charge on any atom is 0.472 e. The number of unbranched alkanes of at least 4 members (excludes halogenated alkanes) is 42. The Kier molecular flexibility index (Phi) is 65.9. The Morgan fingerprint density at radius 3 is 0.872 bits per heavy atom. The molecule has 0 aliphatic rings. The fraction of sp³-hybridized carbons (Fsp3) is 0.893. The number of carbonyl (C=O) groups excluding carboxylic acids is 4. The minimum atomic E-state index is -4.96. The van der Waals surface area contributed by atoms with E-state index in [1.807, 2.05) is 0 Å². The van der Waals surface area contributed by atoms with Crippen LogP contribution < -0.4 is 0 Å². The molecule has 3 N–H and O–H groups in total. The van der Waals surface area contributed by atoms with E-state index in [-0.39, 0.29) is 25.7 Å². The number of phosphoric ester groups is 2. The van der Waals surface area contributed by atoms with Crippen LogP contribution in [0, 0.1) is 5.92 Å². The summed E-state index contributed by atoms with van der Waals surface area (Å²) in [5.74, 6) is -1.34. The molecule has 554 valence electrons. The first-order valence-electron chi connectivity index (χ1n) is 38.5. The van der Waals surface area contributed by atoms with Crippen molar-refractivity contribution in [3.63, 3.8) is 0 Å². The van der Waals surface area contributed by atoms with Gasteiger partial charge in [-0.2, -0.15) is 0 Å². The number of aliphatic hydroxyl groups excluding tert-OH is 1. The molecule has 0 aliphatic heterocycles. The van der Waals surface area contributed by atoms with Crippen LogP contribution in [0.5, 0.6) is 0 Å². The van der Waals surface area contributed by atoms with Gasteiger partial charge in [0.25, 0.3) is 0 Å². The van der Waals surface area contributed by atoms with Gasteiger partial charge in [0.2, 0.25) is 0 Å². The number of carbonyl (C=O) groups is 4. The molecule has 0 aromatic carbocycles. The predicted molar refractivity (Wildman–Crippen MR) is 381 cm³/mol. The zero-order valence-electron chi connectivity index (χ0n) is 60.6. The van der Waals surface area contributed by atoms with E-state index in [1.165, 1.54) is 173 Å². The Morgan fingerprint density at radius 1 is 0.330 bits per heavy atom. The van der Waals surface area contributed by atoms with E-state index >= 15 is 0 Å². The van der Waals surface area contributed by atoms with Crippen LogP contribution in [0.2, 0.25) is 0 Å². The summed E-state index contributed by atoms with van der Waals surface area (Å²) in [6, 6.07) is 0. The van der Waals surface area contributed by atoms with Gasteiger partial charge in [0.05, 0.1) is 26.4 Å². The molecule has 0 radical (unpaired) electrons. The lowest BCUT2D eigenvalue weighted by Gasteiger charge is -2.21. The van der Waals surface area contributed by atoms with Crippen LogP contribution in [0.15, 0.2) is 24.3 Å². The average Bonchev–Trinajstić information content (AvgIpc) is 1.53. The third-order valence-electron chi connectivity index (χ3n) is 16.9. The summed E-state index contributed by atoms with van der Waals surface area (Å²) in [5.41, 5.74) is 0. The van der Waals surface area contributed by atoms with Crippen molar-refractivity contribution >= 4 is 39.5 Å². The molecule has 0 aliphatic carbocycles. The molecule has 0 rings (SSSR count). The highest BCUT2D eigenvalue weighted by Gasteiger charge is 2.30. The number of hydrogen-bond donors (Lipinski definition) is 3. The van der Waals surface area contributed by atoms with Crippen molar-refractivity contribution in [2.45, 2.75) is 387 Å². The third-order valence-corrected chi connectivity index (χ3v) is 18.8. The Hall–Kier alpha value is -2.46. The van der Waals surface area contributed by atoms with Crippen LogP contribution in [0.25, 0.3) is 0 Å². The molecule has 17 nitrogen and oxygen atoms in total. The van der Waals surface area contributed by atoms with Crippen LogP contribution in [-0.4, -0.2) is 96.7 Å². The summed E-state index contributed by atoms with van der Waals surface area (Å²) >= 11 is 0. The maximum absolute atomic E-state index is 13.1. The molecular formula is C75H142O17P2. The molecule has 0 saturated carbocycles. The lowest BCUT2D eigenvalue weighted by Crippen LogP contribution is -2.30. The fourth-order valence-electron chi connectivity index (χ4n) is 11.0. The minimum absolute atomic E-state index is 0.101. The first-order chi connectivity index (χ1) is 45.5. The zero-order valence-corrected chi connectivity index (χ0v) is 62.4. The Labute approximate surface area is 573 Å². The lowest BCUT2D eigenvalue weighted by atomic mass is 10.0. The van der Waals surface area contributed by atoms with Crippen molar-refractivity contribution < 1.29 is 80.2 Å². The molecule has 2 unspecified atom stereocenters. The van der Waals surface area contributed by atoms with Crippen molar-refractivity contribution in [1.29, 1.82) is 0 Å². The summed E-state index contributed by atoms with van der Waals surface area (Å²) in [5, 5.41) is 10.6. The number of hydrogen-bond acceptors (Lipinski definition) is 15. The number of ether oxygens (including phenoxy) is 4. The van der Waals surface area contributed by atoms with E-state index in [4.69, 9.17) is 37.0 Å².